The molecule has 0 radical (unpaired) electrons. The van der Waals surface area contributed by atoms with E-state index in [0.29, 0.717) is 12.1 Å². The van der Waals surface area contributed by atoms with E-state index in [-0.39, 0.29) is 0 Å². The highest BCUT2D eigenvalue weighted by molar-refractivity contribution is 7.98. The van der Waals surface area contributed by atoms with E-state index >= 15 is 0 Å². The Morgan fingerprint density at radius 2 is 2.21 bits per heavy atom. The first-order valence-electron chi connectivity index (χ1n) is 5.61. The Balaban J connectivity index is 2.28. The number of hydrogen-bond donors (Lipinski definition) is 1. The van der Waals surface area contributed by atoms with Crippen LogP contribution in [0.4, 0.5) is 0 Å². The van der Waals surface area contributed by atoms with E-state index in [4.69, 9.17) is 5.73 Å². The van der Waals surface area contributed by atoms with Gasteiger partial charge in [0, 0.05) is 18.1 Å². The van der Waals surface area contributed by atoms with Crippen LogP contribution in [0.15, 0.2) is 0 Å². The van der Waals surface area contributed by atoms with Crippen LogP contribution in [0.1, 0.15) is 32.6 Å². The normalized spacial score (nSPS) is 29.8. The van der Waals surface area contributed by atoms with Crippen LogP contribution in [0.3, 0.4) is 0 Å². The van der Waals surface area contributed by atoms with Crippen LogP contribution in [0.5, 0.6) is 0 Å². The zero-order chi connectivity index (χ0) is 10.6. The second kappa shape index (κ2) is 5.99. The van der Waals surface area contributed by atoms with Gasteiger partial charge in [0.2, 0.25) is 0 Å². The summed E-state index contributed by atoms with van der Waals surface area (Å²) in [5.41, 5.74) is 5.93. The van der Waals surface area contributed by atoms with Crippen molar-refractivity contribution in [2.75, 3.05) is 19.1 Å². The summed E-state index contributed by atoms with van der Waals surface area (Å²) in [4.78, 5) is 2.53. The smallest absolute Gasteiger partial charge is 0.0110 e. The van der Waals surface area contributed by atoms with Crippen molar-refractivity contribution in [1.29, 1.82) is 0 Å². The highest BCUT2D eigenvalue weighted by Crippen LogP contribution is 2.24. The summed E-state index contributed by atoms with van der Waals surface area (Å²) in [6.07, 6.45) is 7.17. The molecule has 1 aliphatic carbocycles. The second-order valence-corrected chi connectivity index (χ2v) is 5.51. The van der Waals surface area contributed by atoms with Crippen molar-refractivity contribution < 1.29 is 0 Å². The Labute approximate surface area is 92.6 Å². The van der Waals surface area contributed by atoms with Gasteiger partial charge in [-0.05, 0) is 51.7 Å². The molecule has 1 saturated carbocycles. The van der Waals surface area contributed by atoms with Crippen LogP contribution in [-0.4, -0.2) is 42.1 Å². The summed E-state index contributed by atoms with van der Waals surface area (Å²) >= 11 is 1.94. The topological polar surface area (TPSA) is 29.3 Å². The van der Waals surface area contributed by atoms with E-state index in [1.807, 2.05) is 11.8 Å². The lowest BCUT2D eigenvalue weighted by Gasteiger charge is -2.30. The van der Waals surface area contributed by atoms with Gasteiger partial charge in [0.25, 0.3) is 0 Å². The molecule has 0 aromatic heterocycles. The van der Waals surface area contributed by atoms with Gasteiger partial charge in [0.05, 0.1) is 0 Å². The summed E-state index contributed by atoms with van der Waals surface area (Å²) in [6, 6.07) is 1.90. The lowest BCUT2D eigenvalue weighted by molar-refractivity contribution is 0.182. The van der Waals surface area contributed by atoms with Crippen LogP contribution in [0.25, 0.3) is 0 Å². The molecule has 1 fully saturated rings. The van der Waals surface area contributed by atoms with Gasteiger partial charge >= 0.3 is 0 Å². The van der Waals surface area contributed by atoms with E-state index in [0.717, 1.165) is 6.04 Å². The van der Waals surface area contributed by atoms with Crippen LogP contribution >= 0.6 is 11.8 Å². The lowest BCUT2D eigenvalue weighted by Crippen LogP contribution is -2.38. The van der Waals surface area contributed by atoms with Crippen LogP contribution in [0.2, 0.25) is 0 Å². The Morgan fingerprint density at radius 3 is 2.71 bits per heavy atom. The van der Waals surface area contributed by atoms with E-state index in [9.17, 15) is 0 Å². The molecule has 0 saturated heterocycles. The summed E-state index contributed by atoms with van der Waals surface area (Å²) < 4.78 is 0. The first-order valence-corrected chi connectivity index (χ1v) is 7.01. The zero-order valence-corrected chi connectivity index (χ0v) is 10.5. The third-order valence-corrected chi connectivity index (χ3v) is 4.10. The van der Waals surface area contributed by atoms with Crippen molar-refractivity contribution in [3.05, 3.63) is 0 Å². The van der Waals surface area contributed by atoms with Gasteiger partial charge in [-0.25, -0.2) is 0 Å². The number of rotatable bonds is 5. The number of nitrogens with two attached hydrogens (primary N) is 1. The number of thioether (sulfide) groups is 1. The molecule has 0 heterocycles. The molecule has 1 aliphatic rings. The van der Waals surface area contributed by atoms with Crippen LogP contribution < -0.4 is 5.73 Å². The summed E-state index contributed by atoms with van der Waals surface area (Å²) in [6.45, 7) is 2.33. The molecule has 3 heteroatoms. The van der Waals surface area contributed by atoms with Gasteiger partial charge in [-0.2, -0.15) is 11.8 Å². The minimum atomic E-state index is 0.454. The van der Waals surface area contributed by atoms with E-state index < -0.39 is 0 Å². The zero-order valence-electron chi connectivity index (χ0n) is 9.70. The fourth-order valence-corrected chi connectivity index (χ4v) is 2.79. The standard InChI is InChI=1S/C11H24N2S/c1-9(6-7-14-3)13(2)11-5-4-10(12)8-11/h9-11H,4-8,12H2,1-3H3. The average molecular weight is 216 g/mol. The molecule has 0 aromatic carbocycles. The minimum absolute atomic E-state index is 0.454. The van der Waals surface area contributed by atoms with Gasteiger partial charge in [-0.1, -0.05) is 0 Å². The summed E-state index contributed by atoms with van der Waals surface area (Å²) in [5, 5.41) is 0. The first kappa shape index (κ1) is 12.3. The molecule has 0 amide bonds. The van der Waals surface area contributed by atoms with E-state index in [2.05, 4.69) is 25.1 Å². The van der Waals surface area contributed by atoms with E-state index in [1.54, 1.807) is 0 Å². The molecule has 14 heavy (non-hydrogen) atoms. The van der Waals surface area contributed by atoms with Crippen molar-refractivity contribution >= 4 is 11.8 Å². The molecular weight excluding hydrogens is 192 g/mol. The summed E-state index contributed by atoms with van der Waals surface area (Å²) in [7, 11) is 2.26. The molecule has 2 nitrogen and oxygen atoms in total. The van der Waals surface area contributed by atoms with Gasteiger partial charge < -0.3 is 10.6 Å². The average Bonchev–Trinajstić information content (AvgIpc) is 2.60. The largest absolute Gasteiger partial charge is 0.328 e. The fourth-order valence-electron chi connectivity index (χ4n) is 2.21. The number of nitrogens with zero attached hydrogens (tertiary/aromatic N) is 1. The van der Waals surface area contributed by atoms with Crippen molar-refractivity contribution in [3.8, 4) is 0 Å². The van der Waals surface area contributed by atoms with Gasteiger partial charge in [0.1, 0.15) is 0 Å². The molecule has 2 N–H and O–H groups in total. The Morgan fingerprint density at radius 1 is 1.50 bits per heavy atom. The quantitative estimate of drug-likeness (QED) is 0.761. The van der Waals surface area contributed by atoms with Crippen molar-refractivity contribution in [2.24, 2.45) is 5.73 Å². The Kier molecular flexibility index (Phi) is 5.28. The van der Waals surface area contributed by atoms with Gasteiger partial charge in [-0.3, -0.25) is 0 Å². The maximum absolute atomic E-state index is 5.93. The first-order chi connectivity index (χ1) is 6.65. The van der Waals surface area contributed by atoms with Gasteiger partial charge in [0.15, 0.2) is 0 Å². The molecule has 84 valence electrons. The molecule has 0 aliphatic heterocycles. The lowest BCUT2D eigenvalue weighted by atomic mass is 10.1. The SMILES string of the molecule is CSCCC(C)N(C)C1CCC(N)C1. The molecule has 0 spiro atoms. The van der Waals surface area contributed by atoms with Crippen molar-refractivity contribution in [1.82, 2.24) is 4.90 Å². The van der Waals surface area contributed by atoms with E-state index in [1.165, 1.54) is 31.4 Å². The highest BCUT2D eigenvalue weighted by Gasteiger charge is 2.27. The third kappa shape index (κ3) is 3.44. The van der Waals surface area contributed by atoms with Crippen molar-refractivity contribution in [3.63, 3.8) is 0 Å². The highest BCUT2D eigenvalue weighted by atomic mass is 32.2. The molecule has 0 bridgehead atoms. The monoisotopic (exact) mass is 216 g/mol. The summed E-state index contributed by atoms with van der Waals surface area (Å²) in [5.74, 6) is 1.27. The Bertz CT molecular complexity index is 163. The predicted molar refractivity (Wildman–Crippen MR) is 65.8 cm³/mol. The number of hydrogen-bond acceptors (Lipinski definition) is 3. The fraction of sp³-hybridized carbons (Fsp3) is 1.00. The van der Waals surface area contributed by atoms with Crippen molar-refractivity contribution in [2.45, 2.75) is 50.7 Å². The molecule has 3 atom stereocenters. The predicted octanol–water partition coefficient (Wildman–Crippen LogP) is 1.94. The molecular formula is C11H24N2S. The third-order valence-electron chi connectivity index (χ3n) is 3.46. The molecule has 3 unspecified atom stereocenters. The second-order valence-electron chi connectivity index (χ2n) is 4.52. The van der Waals surface area contributed by atoms with Crippen LogP contribution in [0, 0.1) is 0 Å². The van der Waals surface area contributed by atoms with Crippen LogP contribution in [-0.2, 0) is 0 Å². The Hall–Kier alpha value is 0.270. The van der Waals surface area contributed by atoms with Gasteiger partial charge in [-0.15, -0.1) is 0 Å². The molecule has 1 rings (SSSR count). The maximum atomic E-state index is 5.93. The minimum Gasteiger partial charge on any atom is -0.328 e. The molecule has 0 aromatic rings. The maximum Gasteiger partial charge on any atom is 0.0110 e.